The molecule has 0 amide bonds. The Labute approximate surface area is 107 Å². The summed E-state index contributed by atoms with van der Waals surface area (Å²) in [5.74, 6) is 0. The number of benzene rings is 1. The smallest absolute Gasteiger partial charge is 0.0672 e. The van der Waals surface area contributed by atoms with Crippen LogP contribution >= 0.6 is 0 Å². The summed E-state index contributed by atoms with van der Waals surface area (Å²) in [6.07, 6.45) is 5.49. The molecule has 4 heteroatoms. The Morgan fingerprint density at radius 1 is 1.44 bits per heavy atom. The fraction of sp³-hybridized carbons (Fsp3) is 0.500. The second kappa shape index (κ2) is 3.90. The number of nitrogen functional groups attached to an aromatic ring is 1. The molecule has 0 aliphatic heterocycles. The van der Waals surface area contributed by atoms with Crippen LogP contribution in [0, 0.1) is 5.41 Å². The molecule has 0 spiro atoms. The van der Waals surface area contributed by atoms with Crippen LogP contribution in [0.2, 0.25) is 0 Å². The minimum Gasteiger partial charge on any atom is -0.397 e. The van der Waals surface area contributed by atoms with Crippen LogP contribution in [0.1, 0.15) is 33.1 Å². The molecule has 1 aliphatic rings. The maximum absolute atomic E-state index is 6.09. The van der Waals surface area contributed by atoms with Crippen LogP contribution < -0.4 is 11.1 Å². The summed E-state index contributed by atoms with van der Waals surface area (Å²) in [6, 6.07) is 4.56. The van der Waals surface area contributed by atoms with Crippen molar-refractivity contribution in [3.8, 4) is 0 Å². The highest BCUT2D eigenvalue weighted by Gasteiger charge is 2.30. The highest BCUT2D eigenvalue weighted by molar-refractivity contribution is 5.88. The Kier molecular flexibility index (Phi) is 2.47. The molecule has 1 unspecified atom stereocenters. The lowest BCUT2D eigenvalue weighted by Gasteiger charge is -2.19. The van der Waals surface area contributed by atoms with E-state index in [1.165, 1.54) is 19.3 Å². The van der Waals surface area contributed by atoms with Crippen LogP contribution in [0.5, 0.6) is 0 Å². The number of hydrogen-bond acceptors (Lipinski definition) is 3. The molecule has 0 radical (unpaired) electrons. The minimum atomic E-state index is 0.449. The fourth-order valence-corrected chi connectivity index (χ4v) is 2.91. The highest BCUT2D eigenvalue weighted by Crippen LogP contribution is 2.39. The molecule has 2 aromatic rings. The molecule has 1 saturated carbocycles. The number of fused-ring (bicyclic) bond motifs is 1. The van der Waals surface area contributed by atoms with Gasteiger partial charge in [0.2, 0.25) is 0 Å². The van der Waals surface area contributed by atoms with Gasteiger partial charge in [-0.05, 0) is 36.8 Å². The first kappa shape index (κ1) is 11.4. The van der Waals surface area contributed by atoms with E-state index < -0.39 is 0 Å². The van der Waals surface area contributed by atoms with Crippen molar-refractivity contribution in [2.45, 2.75) is 39.2 Å². The lowest BCUT2D eigenvalue weighted by molar-refractivity contribution is 0.378. The van der Waals surface area contributed by atoms with Crippen molar-refractivity contribution in [3.05, 3.63) is 18.3 Å². The molecule has 1 atom stereocenters. The number of nitrogens with two attached hydrogens (primary N) is 1. The molecule has 4 N–H and O–H groups in total. The molecule has 1 heterocycles. The second-order valence-electron chi connectivity index (χ2n) is 6.14. The molecule has 1 aromatic heterocycles. The Balaban J connectivity index is 1.84. The molecule has 4 nitrogen and oxygen atoms in total. The summed E-state index contributed by atoms with van der Waals surface area (Å²) in [7, 11) is 0. The fourth-order valence-electron chi connectivity index (χ4n) is 2.91. The Bertz CT molecular complexity index is 570. The molecule has 18 heavy (non-hydrogen) atoms. The number of rotatable bonds is 2. The first-order chi connectivity index (χ1) is 8.53. The van der Waals surface area contributed by atoms with Gasteiger partial charge in [-0.3, -0.25) is 5.10 Å². The maximum atomic E-state index is 6.09. The summed E-state index contributed by atoms with van der Waals surface area (Å²) < 4.78 is 0. The molecule has 0 saturated heterocycles. The summed E-state index contributed by atoms with van der Waals surface area (Å²) in [6.45, 7) is 4.66. The maximum Gasteiger partial charge on any atom is 0.0672 e. The number of nitrogens with one attached hydrogen (secondary N) is 2. The lowest BCUT2D eigenvalue weighted by Crippen LogP contribution is -2.18. The number of nitrogens with zero attached hydrogens (tertiary/aromatic N) is 1. The summed E-state index contributed by atoms with van der Waals surface area (Å²) in [5, 5.41) is 11.6. The Morgan fingerprint density at radius 2 is 2.28 bits per heavy atom. The van der Waals surface area contributed by atoms with Gasteiger partial charge in [0, 0.05) is 11.4 Å². The van der Waals surface area contributed by atoms with Crippen LogP contribution in [0.4, 0.5) is 11.4 Å². The average molecular weight is 244 g/mol. The molecule has 1 fully saturated rings. The minimum absolute atomic E-state index is 0.449. The normalized spacial score (nSPS) is 22.4. The van der Waals surface area contributed by atoms with Gasteiger partial charge in [0.25, 0.3) is 0 Å². The lowest BCUT2D eigenvalue weighted by atomic mass is 9.92. The van der Waals surface area contributed by atoms with E-state index in [-0.39, 0.29) is 0 Å². The summed E-state index contributed by atoms with van der Waals surface area (Å²) in [4.78, 5) is 0. The molecule has 96 valence electrons. The topological polar surface area (TPSA) is 66.7 Å². The van der Waals surface area contributed by atoms with E-state index in [1.807, 2.05) is 6.07 Å². The van der Waals surface area contributed by atoms with Gasteiger partial charge in [0.05, 0.1) is 23.1 Å². The van der Waals surface area contributed by atoms with E-state index in [0.717, 1.165) is 22.3 Å². The molecular weight excluding hydrogens is 224 g/mol. The van der Waals surface area contributed by atoms with E-state index in [0.29, 0.717) is 11.5 Å². The van der Waals surface area contributed by atoms with E-state index in [9.17, 15) is 0 Å². The monoisotopic (exact) mass is 244 g/mol. The molecule has 1 aromatic carbocycles. The van der Waals surface area contributed by atoms with Crippen molar-refractivity contribution >= 4 is 22.3 Å². The third kappa shape index (κ3) is 2.03. The van der Waals surface area contributed by atoms with Crippen molar-refractivity contribution in [2.24, 2.45) is 5.41 Å². The zero-order valence-electron chi connectivity index (χ0n) is 11.0. The van der Waals surface area contributed by atoms with Gasteiger partial charge in [-0.15, -0.1) is 0 Å². The SMILES string of the molecule is CC1(C)CCC(Nc2cc3[nH]ncc3cc2N)C1. The van der Waals surface area contributed by atoms with E-state index in [4.69, 9.17) is 5.73 Å². The third-order valence-corrected chi connectivity index (χ3v) is 3.94. The van der Waals surface area contributed by atoms with E-state index in [2.05, 4.69) is 35.4 Å². The number of hydrogen-bond donors (Lipinski definition) is 3. The predicted octanol–water partition coefficient (Wildman–Crippen LogP) is 3.14. The average Bonchev–Trinajstić information content (AvgIpc) is 2.85. The summed E-state index contributed by atoms with van der Waals surface area (Å²) in [5.41, 5.74) is 9.39. The van der Waals surface area contributed by atoms with Crippen molar-refractivity contribution in [1.82, 2.24) is 10.2 Å². The van der Waals surface area contributed by atoms with Crippen LogP contribution in [0.3, 0.4) is 0 Å². The Morgan fingerprint density at radius 3 is 3.00 bits per heavy atom. The predicted molar refractivity (Wildman–Crippen MR) is 75.5 cm³/mol. The van der Waals surface area contributed by atoms with Crippen molar-refractivity contribution in [2.75, 3.05) is 11.1 Å². The van der Waals surface area contributed by atoms with Crippen LogP contribution in [0.25, 0.3) is 10.9 Å². The van der Waals surface area contributed by atoms with Gasteiger partial charge >= 0.3 is 0 Å². The van der Waals surface area contributed by atoms with Gasteiger partial charge in [-0.25, -0.2) is 0 Å². The molecule has 0 bridgehead atoms. The van der Waals surface area contributed by atoms with Crippen molar-refractivity contribution in [3.63, 3.8) is 0 Å². The van der Waals surface area contributed by atoms with Gasteiger partial charge in [0.1, 0.15) is 0 Å². The summed E-state index contributed by atoms with van der Waals surface area (Å²) >= 11 is 0. The van der Waals surface area contributed by atoms with Crippen LogP contribution in [-0.2, 0) is 0 Å². The molecular formula is C14H20N4. The quantitative estimate of drug-likeness (QED) is 0.711. The number of H-pyrrole nitrogens is 1. The van der Waals surface area contributed by atoms with Crippen LogP contribution in [-0.4, -0.2) is 16.2 Å². The van der Waals surface area contributed by atoms with Gasteiger partial charge < -0.3 is 11.1 Å². The van der Waals surface area contributed by atoms with Crippen molar-refractivity contribution in [1.29, 1.82) is 0 Å². The van der Waals surface area contributed by atoms with Gasteiger partial charge in [-0.2, -0.15) is 5.10 Å². The molecule has 1 aliphatic carbocycles. The zero-order chi connectivity index (χ0) is 12.8. The third-order valence-electron chi connectivity index (χ3n) is 3.94. The van der Waals surface area contributed by atoms with Gasteiger partial charge in [0.15, 0.2) is 0 Å². The first-order valence-electron chi connectivity index (χ1n) is 6.53. The second-order valence-corrected chi connectivity index (χ2v) is 6.14. The number of aromatic nitrogens is 2. The first-order valence-corrected chi connectivity index (χ1v) is 6.53. The highest BCUT2D eigenvalue weighted by atomic mass is 15.1. The van der Waals surface area contributed by atoms with Gasteiger partial charge in [-0.1, -0.05) is 13.8 Å². The van der Waals surface area contributed by atoms with E-state index in [1.54, 1.807) is 6.20 Å². The Hall–Kier alpha value is -1.71. The number of anilines is 2. The molecule has 3 rings (SSSR count). The largest absolute Gasteiger partial charge is 0.397 e. The van der Waals surface area contributed by atoms with Crippen molar-refractivity contribution < 1.29 is 0 Å². The number of aromatic amines is 1. The van der Waals surface area contributed by atoms with Crippen LogP contribution in [0.15, 0.2) is 18.3 Å². The standard InChI is InChI=1S/C14H20N4/c1-14(2)4-3-10(7-14)17-13-6-12-9(5-11(13)15)8-16-18-12/h5-6,8,10,17H,3-4,7,15H2,1-2H3,(H,16,18). The van der Waals surface area contributed by atoms with E-state index >= 15 is 0 Å². The zero-order valence-corrected chi connectivity index (χ0v) is 11.0.